The van der Waals surface area contributed by atoms with Gasteiger partial charge in [-0.3, -0.25) is 14.4 Å². The monoisotopic (exact) mass is 452 g/mol. The maximum absolute atomic E-state index is 14.1. The number of rotatable bonds is 3. The van der Waals surface area contributed by atoms with E-state index in [1.54, 1.807) is 36.4 Å². The smallest absolute Gasteiger partial charge is 0.238 e. The molecule has 0 unspecified atom stereocenters. The lowest BCUT2D eigenvalue weighted by Gasteiger charge is -2.37. The van der Waals surface area contributed by atoms with Crippen molar-refractivity contribution < 1.29 is 18.8 Å². The Kier molecular flexibility index (Phi) is 4.36. The molecule has 0 aliphatic carbocycles. The van der Waals surface area contributed by atoms with E-state index in [-0.39, 0.29) is 17.5 Å². The maximum atomic E-state index is 14.1. The lowest BCUT2D eigenvalue weighted by molar-refractivity contribution is -0.122. The Hall–Kier alpha value is -4.06. The molecule has 4 atom stereocenters. The van der Waals surface area contributed by atoms with Gasteiger partial charge in [-0.15, -0.1) is 0 Å². The Bertz CT molecular complexity index is 1400. The normalized spacial score (nSPS) is 26.1. The quantitative estimate of drug-likeness (QED) is 0.599. The highest BCUT2D eigenvalue weighted by molar-refractivity contribution is 6.16. The van der Waals surface area contributed by atoms with E-state index >= 15 is 0 Å². The van der Waals surface area contributed by atoms with Crippen molar-refractivity contribution >= 4 is 34.9 Å². The summed E-state index contributed by atoms with van der Waals surface area (Å²) >= 11 is 0. The van der Waals surface area contributed by atoms with E-state index < -0.39 is 29.2 Å². The number of ketones is 2. The fraction of sp³-hybridized carbons (Fsp3) is 0.179. The van der Waals surface area contributed by atoms with Crippen molar-refractivity contribution in [1.82, 2.24) is 0 Å². The topological polar surface area (TPSA) is 66.5 Å². The number of hydrogen-bond donors (Lipinski definition) is 1. The third-order valence-electron chi connectivity index (χ3n) is 7.35. The predicted molar refractivity (Wildman–Crippen MR) is 127 cm³/mol. The average molecular weight is 452 g/mol. The van der Waals surface area contributed by atoms with Crippen molar-refractivity contribution in [3.8, 4) is 0 Å². The highest BCUT2D eigenvalue weighted by Gasteiger charge is 2.69. The molecule has 1 amide bonds. The molecule has 0 aromatic heterocycles. The molecule has 0 saturated carbocycles. The van der Waals surface area contributed by atoms with Gasteiger partial charge < -0.3 is 10.2 Å². The second kappa shape index (κ2) is 7.22. The van der Waals surface area contributed by atoms with Crippen LogP contribution in [0.25, 0.3) is 6.08 Å². The number of anilines is 2. The minimum Gasteiger partial charge on any atom is -0.352 e. The number of halogens is 1. The Labute approximate surface area is 195 Å². The highest BCUT2D eigenvalue weighted by Crippen LogP contribution is 2.57. The van der Waals surface area contributed by atoms with Gasteiger partial charge in [0.1, 0.15) is 11.2 Å². The number of benzene rings is 3. The van der Waals surface area contributed by atoms with Crippen LogP contribution in [-0.2, 0) is 15.0 Å². The van der Waals surface area contributed by atoms with Gasteiger partial charge in [0.15, 0.2) is 11.6 Å². The Balaban J connectivity index is 1.67. The summed E-state index contributed by atoms with van der Waals surface area (Å²) in [7, 11) is 0. The van der Waals surface area contributed by atoms with Crippen molar-refractivity contribution in [2.75, 3.05) is 10.2 Å². The molecule has 3 aromatic carbocycles. The lowest BCUT2D eigenvalue weighted by Crippen LogP contribution is -2.51. The SMILES string of the molecule is CC(=O)[C@@H]1[C@H](C(=O)c2ccccc2)[C@]2(C(=O)Nc3ccccc32)[C@@H]2C=Cc3cc(F)ccc3N12. The summed E-state index contributed by atoms with van der Waals surface area (Å²) in [5.74, 6) is -2.16. The van der Waals surface area contributed by atoms with Gasteiger partial charge >= 0.3 is 0 Å². The number of Topliss-reactive ketones (excluding diaryl/α,β-unsaturated/α-hetero) is 2. The predicted octanol–water partition coefficient (Wildman–Crippen LogP) is 4.39. The van der Waals surface area contributed by atoms with Crippen molar-refractivity contribution in [1.29, 1.82) is 0 Å². The zero-order valence-electron chi connectivity index (χ0n) is 18.4. The van der Waals surface area contributed by atoms with Crippen molar-refractivity contribution in [2.24, 2.45) is 5.92 Å². The van der Waals surface area contributed by atoms with Crippen LogP contribution < -0.4 is 10.2 Å². The fourth-order valence-electron chi connectivity index (χ4n) is 6.09. The van der Waals surface area contributed by atoms with Crippen LogP contribution in [-0.4, -0.2) is 29.6 Å². The van der Waals surface area contributed by atoms with Crippen LogP contribution >= 0.6 is 0 Å². The number of hydrogen-bond acceptors (Lipinski definition) is 4. The van der Waals surface area contributed by atoms with Crippen LogP contribution in [0.1, 0.15) is 28.4 Å². The van der Waals surface area contributed by atoms with E-state index in [0.717, 1.165) is 0 Å². The minimum absolute atomic E-state index is 0.223. The summed E-state index contributed by atoms with van der Waals surface area (Å²) in [4.78, 5) is 43.2. The number of nitrogens with one attached hydrogen (secondary N) is 1. The van der Waals surface area contributed by atoms with Crippen molar-refractivity contribution in [3.05, 3.63) is 101 Å². The molecule has 3 aliphatic heterocycles. The van der Waals surface area contributed by atoms with E-state index in [1.807, 2.05) is 41.3 Å². The molecular formula is C28H21FN2O3. The number of carbonyl (C=O) groups is 3. The Morgan fingerprint density at radius 1 is 1.00 bits per heavy atom. The van der Waals surface area contributed by atoms with Gasteiger partial charge in [-0.1, -0.05) is 60.7 Å². The minimum atomic E-state index is -1.32. The first-order chi connectivity index (χ1) is 16.4. The van der Waals surface area contributed by atoms with Gasteiger partial charge in [-0.25, -0.2) is 4.39 Å². The maximum Gasteiger partial charge on any atom is 0.238 e. The van der Waals surface area contributed by atoms with Gasteiger partial charge in [-0.05, 0) is 36.8 Å². The van der Waals surface area contributed by atoms with E-state index in [9.17, 15) is 18.8 Å². The van der Waals surface area contributed by atoms with Gasteiger partial charge in [0.25, 0.3) is 0 Å². The summed E-state index contributed by atoms with van der Waals surface area (Å²) in [5, 5.41) is 2.97. The van der Waals surface area contributed by atoms with E-state index in [0.29, 0.717) is 28.1 Å². The average Bonchev–Trinajstić information content (AvgIpc) is 3.32. The molecule has 3 aliphatic rings. The molecule has 5 nitrogen and oxygen atoms in total. The molecule has 0 bridgehead atoms. The largest absolute Gasteiger partial charge is 0.352 e. The van der Waals surface area contributed by atoms with Crippen molar-refractivity contribution in [3.63, 3.8) is 0 Å². The first-order valence-electron chi connectivity index (χ1n) is 11.2. The molecule has 3 heterocycles. The molecular weight excluding hydrogens is 431 g/mol. The van der Waals surface area contributed by atoms with Crippen LogP contribution in [0.4, 0.5) is 15.8 Å². The van der Waals surface area contributed by atoms with Gasteiger partial charge in [0, 0.05) is 22.5 Å². The van der Waals surface area contributed by atoms with E-state index in [2.05, 4.69) is 5.32 Å². The molecule has 6 rings (SSSR count). The first kappa shape index (κ1) is 20.5. The molecule has 0 radical (unpaired) electrons. The van der Waals surface area contributed by atoms with Gasteiger partial charge in [0.2, 0.25) is 5.91 Å². The Morgan fingerprint density at radius 3 is 2.50 bits per heavy atom. The number of fused-ring (bicyclic) bond motifs is 6. The van der Waals surface area contributed by atoms with Crippen LogP contribution in [0, 0.1) is 11.7 Å². The molecule has 1 N–H and O–H groups in total. The third-order valence-corrected chi connectivity index (χ3v) is 7.35. The standard InChI is InChI=1S/C28H21FN2O3/c1-16(32)25-24(26(33)17-7-3-2-4-8-17)28(20-9-5-6-10-21(20)30-27(28)34)23-14-11-18-15-19(29)12-13-22(18)31(23)25/h2-15,23-25H,1H3,(H,30,34)/t23-,24+,25+,28+/m0/s1. The zero-order valence-corrected chi connectivity index (χ0v) is 18.4. The molecule has 1 saturated heterocycles. The van der Waals surface area contributed by atoms with Crippen LogP contribution in [0.15, 0.2) is 78.9 Å². The van der Waals surface area contributed by atoms with Gasteiger partial charge in [-0.2, -0.15) is 0 Å². The summed E-state index contributed by atoms with van der Waals surface area (Å²) in [6, 6.07) is 19.0. The number of nitrogens with zero attached hydrogens (tertiary/aromatic N) is 1. The third kappa shape index (κ3) is 2.56. The van der Waals surface area contributed by atoms with E-state index in [4.69, 9.17) is 0 Å². The second-order valence-corrected chi connectivity index (χ2v) is 9.05. The lowest BCUT2D eigenvalue weighted by atomic mass is 9.64. The second-order valence-electron chi connectivity index (χ2n) is 9.05. The highest BCUT2D eigenvalue weighted by atomic mass is 19.1. The molecule has 6 heteroatoms. The van der Waals surface area contributed by atoms with Crippen LogP contribution in [0.2, 0.25) is 0 Å². The summed E-state index contributed by atoms with van der Waals surface area (Å²) in [6.45, 7) is 1.45. The molecule has 3 aromatic rings. The van der Waals surface area contributed by atoms with Crippen LogP contribution in [0.3, 0.4) is 0 Å². The number of para-hydroxylation sites is 1. The zero-order chi connectivity index (χ0) is 23.6. The fourth-order valence-corrected chi connectivity index (χ4v) is 6.09. The Morgan fingerprint density at radius 2 is 1.74 bits per heavy atom. The molecule has 1 spiro atoms. The van der Waals surface area contributed by atoms with Crippen LogP contribution in [0.5, 0.6) is 0 Å². The summed E-state index contributed by atoms with van der Waals surface area (Å²) in [6.07, 6.45) is 3.61. The number of carbonyl (C=O) groups excluding carboxylic acids is 3. The molecule has 168 valence electrons. The summed E-state index contributed by atoms with van der Waals surface area (Å²) in [5.41, 5.74) is 1.70. The summed E-state index contributed by atoms with van der Waals surface area (Å²) < 4.78 is 14.0. The van der Waals surface area contributed by atoms with E-state index in [1.165, 1.54) is 19.1 Å². The molecule has 1 fully saturated rings. The number of amides is 1. The van der Waals surface area contributed by atoms with Gasteiger partial charge in [0.05, 0.1) is 18.0 Å². The first-order valence-corrected chi connectivity index (χ1v) is 11.2. The van der Waals surface area contributed by atoms with Crippen molar-refractivity contribution in [2.45, 2.75) is 24.4 Å². The molecule has 34 heavy (non-hydrogen) atoms.